The number of nitrogens with zero attached hydrogens (tertiary/aromatic N) is 1. The minimum absolute atomic E-state index is 0.255. The Balaban J connectivity index is 1.86. The number of piperazine rings is 1. The maximum Gasteiger partial charge on any atom is 0.165 e. The van der Waals surface area contributed by atoms with Crippen molar-refractivity contribution in [1.82, 2.24) is 15.2 Å². The van der Waals surface area contributed by atoms with Crippen LogP contribution in [0.15, 0.2) is 6.07 Å². The van der Waals surface area contributed by atoms with Crippen molar-refractivity contribution in [2.75, 3.05) is 32.7 Å². The Morgan fingerprint density at radius 1 is 1.35 bits per heavy atom. The number of carbonyl (C=O) groups is 1. The van der Waals surface area contributed by atoms with Crippen LogP contribution in [-0.4, -0.2) is 48.4 Å². The van der Waals surface area contributed by atoms with Crippen LogP contribution >= 0.6 is 0 Å². The van der Waals surface area contributed by atoms with Crippen molar-refractivity contribution >= 4 is 5.78 Å². The largest absolute Gasteiger partial charge is 0.362 e. The zero-order chi connectivity index (χ0) is 12.3. The predicted octanol–water partition coefficient (Wildman–Crippen LogP) is 1.11. The van der Waals surface area contributed by atoms with Crippen molar-refractivity contribution in [2.24, 2.45) is 0 Å². The number of H-pyrrole nitrogens is 1. The van der Waals surface area contributed by atoms with Gasteiger partial charge in [0, 0.05) is 56.1 Å². The highest BCUT2D eigenvalue weighted by molar-refractivity contribution is 5.97. The third-order valence-corrected chi connectivity index (χ3v) is 3.31. The average molecular weight is 235 g/mol. The molecule has 4 nitrogen and oxygen atoms in total. The van der Waals surface area contributed by atoms with Crippen LogP contribution in [0.3, 0.4) is 0 Å². The molecule has 17 heavy (non-hydrogen) atoms. The van der Waals surface area contributed by atoms with E-state index in [-0.39, 0.29) is 5.78 Å². The van der Waals surface area contributed by atoms with Gasteiger partial charge in [-0.3, -0.25) is 4.79 Å². The number of aromatic nitrogens is 1. The Labute approximate surface area is 102 Å². The first-order chi connectivity index (χ1) is 8.16. The maximum absolute atomic E-state index is 12.1. The number of nitrogens with one attached hydrogen (secondary N) is 2. The summed E-state index contributed by atoms with van der Waals surface area (Å²) in [6.45, 7) is 9.01. The van der Waals surface area contributed by atoms with Crippen LogP contribution in [0.5, 0.6) is 0 Å². The monoisotopic (exact) mass is 235 g/mol. The topological polar surface area (TPSA) is 48.1 Å². The van der Waals surface area contributed by atoms with Crippen LogP contribution in [0, 0.1) is 13.8 Å². The Hall–Kier alpha value is -1.13. The van der Waals surface area contributed by atoms with E-state index < -0.39 is 0 Å². The molecule has 0 aromatic carbocycles. The highest BCUT2D eigenvalue weighted by atomic mass is 16.1. The van der Waals surface area contributed by atoms with E-state index in [1.54, 1.807) is 0 Å². The second-order valence-electron chi connectivity index (χ2n) is 4.76. The first-order valence-electron chi connectivity index (χ1n) is 6.29. The van der Waals surface area contributed by atoms with E-state index in [0.717, 1.165) is 49.7 Å². The SMILES string of the molecule is Cc1cc(C(=O)CCN2CCNCC2)c(C)[nH]1. The quantitative estimate of drug-likeness (QED) is 0.769. The van der Waals surface area contributed by atoms with Gasteiger partial charge in [-0.05, 0) is 19.9 Å². The molecule has 1 aliphatic heterocycles. The minimum Gasteiger partial charge on any atom is -0.362 e. The number of hydrogen-bond acceptors (Lipinski definition) is 3. The van der Waals surface area contributed by atoms with Crippen molar-refractivity contribution < 1.29 is 4.79 Å². The molecule has 0 saturated carbocycles. The van der Waals surface area contributed by atoms with E-state index in [0.29, 0.717) is 6.42 Å². The van der Waals surface area contributed by atoms with Gasteiger partial charge in [0.2, 0.25) is 0 Å². The molecule has 0 bridgehead atoms. The second-order valence-corrected chi connectivity index (χ2v) is 4.76. The molecule has 2 heterocycles. The molecule has 94 valence electrons. The summed E-state index contributed by atoms with van der Waals surface area (Å²) in [5.74, 6) is 0.255. The van der Waals surface area contributed by atoms with Crippen molar-refractivity contribution in [3.63, 3.8) is 0 Å². The molecule has 0 unspecified atom stereocenters. The molecule has 0 radical (unpaired) electrons. The van der Waals surface area contributed by atoms with Gasteiger partial charge in [-0.2, -0.15) is 0 Å². The number of Topliss-reactive ketones (excluding diaryl/α,β-unsaturated/α-hetero) is 1. The van der Waals surface area contributed by atoms with Gasteiger partial charge in [-0.25, -0.2) is 0 Å². The lowest BCUT2D eigenvalue weighted by Gasteiger charge is -2.26. The smallest absolute Gasteiger partial charge is 0.165 e. The highest BCUT2D eigenvalue weighted by Gasteiger charge is 2.14. The summed E-state index contributed by atoms with van der Waals surface area (Å²) in [7, 11) is 0. The molecule has 1 aliphatic rings. The zero-order valence-corrected chi connectivity index (χ0v) is 10.7. The summed E-state index contributed by atoms with van der Waals surface area (Å²) < 4.78 is 0. The van der Waals surface area contributed by atoms with Gasteiger partial charge in [0.25, 0.3) is 0 Å². The molecule has 1 saturated heterocycles. The van der Waals surface area contributed by atoms with Crippen molar-refractivity contribution in [3.05, 3.63) is 23.0 Å². The van der Waals surface area contributed by atoms with Gasteiger partial charge >= 0.3 is 0 Å². The van der Waals surface area contributed by atoms with Crippen LogP contribution in [0.2, 0.25) is 0 Å². The average Bonchev–Trinajstić information content (AvgIpc) is 2.67. The lowest BCUT2D eigenvalue weighted by Crippen LogP contribution is -2.44. The standard InChI is InChI=1S/C13H21N3O/c1-10-9-12(11(2)15-10)13(17)3-6-16-7-4-14-5-8-16/h9,14-15H,3-8H2,1-2H3. The lowest BCUT2D eigenvalue weighted by molar-refractivity contribution is 0.0960. The Kier molecular flexibility index (Phi) is 3.97. The minimum atomic E-state index is 0.255. The van der Waals surface area contributed by atoms with Crippen molar-refractivity contribution in [2.45, 2.75) is 20.3 Å². The predicted molar refractivity (Wildman–Crippen MR) is 68.5 cm³/mol. The van der Waals surface area contributed by atoms with Crippen molar-refractivity contribution in [3.8, 4) is 0 Å². The van der Waals surface area contributed by atoms with E-state index in [4.69, 9.17) is 0 Å². The highest BCUT2D eigenvalue weighted by Crippen LogP contribution is 2.12. The van der Waals surface area contributed by atoms with E-state index in [1.165, 1.54) is 0 Å². The lowest BCUT2D eigenvalue weighted by atomic mass is 10.1. The number of aromatic amines is 1. The van der Waals surface area contributed by atoms with Gasteiger partial charge in [0.15, 0.2) is 5.78 Å². The molecule has 1 aromatic rings. The normalized spacial score (nSPS) is 17.3. The number of carbonyl (C=O) groups excluding carboxylic acids is 1. The van der Waals surface area contributed by atoms with Gasteiger partial charge in [-0.1, -0.05) is 0 Å². The second kappa shape index (κ2) is 5.47. The van der Waals surface area contributed by atoms with E-state index >= 15 is 0 Å². The Bertz CT molecular complexity index is 391. The van der Waals surface area contributed by atoms with E-state index in [1.807, 2.05) is 19.9 Å². The molecular formula is C13H21N3O. The molecular weight excluding hydrogens is 214 g/mol. The summed E-state index contributed by atoms with van der Waals surface area (Å²) in [6, 6.07) is 1.95. The number of aryl methyl sites for hydroxylation is 2. The third-order valence-electron chi connectivity index (χ3n) is 3.31. The van der Waals surface area contributed by atoms with Crippen LogP contribution in [0.25, 0.3) is 0 Å². The van der Waals surface area contributed by atoms with E-state index in [2.05, 4.69) is 15.2 Å². The third kappa shape index (κ3) is 3.17. The maximum atomic E-state index is 12.1. The van der Waals surface area contributed by atoms with Gasteiger partial charge < -0.3 is 15.2 Å². The Morgan fingerprint density at radius 3 is 2.65 bits per heavy atom. The molecule has 2 N–H and O–H groups in total. The number of ketones is 1. The summed E-state index contributed by atoms with van der Waals surface area (Å²) in [6.07, 6.45) is 0.623. The van der Waals surface area contributed by atoms with Crippen LogP contribution < -0.4 is 5.32 Å². The fraction of sp³-hybridized carbons (Fsp3) is 0.615. The molecule has 0 atom stereocenters. The number of rotatable bonds is 4. The molecule has 4 heteroatoms. The van der Waals surface area contributed by atoms with Gasteiger partial charge in [0.05, 0.1) is 0 Å². The van der Waals surface area contributed by atoms with Gasteiger partial charge in [0.1, 0.15) is 0 Å². The Morgan fingerprint density at radius 2 is 2.06 bits per heavy atom. The van der Waals surface area contributed by atoms with Crippen molar-refractivity contribution in [1.29, 1.82) is 0 Å². The zero-order valence-electron chi connectivity index (χ0n) is 10.7. The summed E-state index contributed by atoms with van der Waals surface area (Å²) in [4.78, 5) is 17.6. The van der Waals surface area contributed by atoms with Crippen LogP contribution in [-0.2, 0) is 0 Å². The first-order valence-corrected chi connectivity index (χ1v) is 6.29. The molecule has 1 aromatic heterocycles. The number of hydrogen-bond donors (Lipinski definition) is 2. The van der Waals surface area contributed by atoms with Crippen LogP contribution in [0.1, 0.15) is 28.2 Å². The fourth-order valence-corrected chi connectivity index (χ4v) is 2.34. The molecule has 1 fully saturated rings. The summed E-state index contributed by atoms with van der Waals surface area (Å²) >= 11 is 0. The molecule has 0 aliphatic carbocycles. The first kappa shape index (κ1) is 12.3. The molecule has 0 amide bonds. The summed E-state index contributed by atoms with van der Waals surface area (Å²) in [5, 5.41) is 3.31. The van der Waals surface area contributed by atoms with Gasteiger partial charge in [-0.15, -0.1) is 0 Å². The molecule has 0 spiro atoms. The van der Waals surface area contributed by atoms with Crippen LogP contribution in [0.4, 0.5) is 0 Å². The summed E-state index contributed by atoms with van der Waals surface area (Å²) in [5.41, 5.74) is 2.92. The van der Waals surface area contributed by atoms with E-state index in [9.17, 15) is 4.79 Å². The fourth-order valence-electron chi connectivity index (χ4n) is 2.34. The molecule has 2 rings (SSSR count).